The van der Waals surface area contributed by atoms with Crippen LogP contribution in [0.2, 0.25) is 0 Å². The minimum atomic E-state index is 0.139. The van der Waals surface area contributed by atoms with Gasteiger partial charge in [-0.2, -0.15) is 5.10 Å². The summed E-state index contributed by atoms with van der Waals surface area (Å²) >= 11 is 0. The number of aromatic nitrogens is 2. The van der Waals surface area contributed by atoms with Crippen LogP contribution in [-0.4, -0.2) is 58.2 Å². The lowest BCUT2D eigenvalue weighted by molar-refractivity contribution is -0.133. The quantitative estimate of drug-likeness (QED) is 0.777. The average Bonchev–Trinajstić information content (AvgIpc) is 3.15. The number of nitrogens with zero attached hydrogens (tertiary/aromatic N) is 4. The largest absolute Gasteiger partial charge is 0.340 e. The number of piperidine rings is 1. The van der Waals surface area contributed by atoms with Crippen LogP contribution in [0.15, 0.2) is 48.8 Å². The molecule has 2 heterocycles. The van der Waals surface area contributed by atoms with Gasteiger partial charge in [-0.3, -0.25) is 9.48 Å². The normalized spacial score (nSPS) is 18.2. The van der Waals surface area contributed by atoms with E-state index in [-0.39, 0.29) is 5.91 Å². The van der Waals surface area contributed by atoms with Gasteiger partial charge in [0, 0.05) is 32.0 Å². The van der Waals surface area contributed by atoms with Gasteiger partial charge in [0.15, 0.2) is 0 Å². The van der Waals surface area contributed by atoms with Crippen LogP contribution < -0.4 is 0 Å². The van der Waals surface area contributed by atoms with Gasteiger partial charge in [0.2, 0.25) is 5.91 Å². The Bertz CT molecular complexity index is 641. The molecule has 1 saturated heterocycles. The van der Waals surface area contributed by atoms with Crippen molar-refractivity contribution in [2.24, 2.45) is 0 Å². The molecular weight excluding hydrogens is 312 g/mol. The maximum atomic E-state index is 12.5. The van der Waals surface area contributed by atoms with Gasteiger partial charge in [-0.1, -0.05) is 30.3 Å². The number of hydrogen-bond donors (Lipinski definition) is 0. The molecule has 3 rings (SSSR count). The Hall–Kier alpha value is -2.14. The Labute approximate surface area is 150 Å². The standard InChI is InChI=1S/C20H28N4O/c1-22(20(25)17-24-15-7-12-21-24)19-11-6-14-23(16-19)13-5-10-18-8-3-2-4-9-18/h2-4,7-9,12,15,19H,5-6,10-11,13-14,16-17H2,1H3/t19-/m1/s1. The SMILES string of the molecule is CN(C(=O)Cn1cccn1)[C@@H]1CCCN(CCCc2ccccc2)C1. The first-order valence-corrected chi connectivity index (χ1v) is 9.22. The number of likely N-dealkylation sites (N-methyl/N-ethyl adjacent to an activating group) is 1. The van der Waals surface area contributed by atoms with E-state index in [4.69, 9.17) is 0 Å². The number of carbonyl (C=O) groups is 1. The van der Waals surface area contributed by atoms with E-state index in [9.17, 15) is 4.79 Å². The third-order valence-corrected chi connectivity index (χ3v) is 5.06. The average molecular weight is 340 g/mol. The van der Waals surface area contributed by atoms with Crippen molar-refractivity contribution >= 4 is 5.91 Å². The highest BCUT2D eigenvalue weighted by atomic mass is 16.2. The van der Waals surface area contributed by atoms with E-state index in [1.807, 2.05) is 24.2 Å². The van der Waals surface area contributed by atoms with E-state index in [0.717, 1.165) is 38.9 Å². The Kier molecular flexibility index (Phi) is 6.23. The fourth-order valence-electron chi connectivity index (χ4n) is 3.55. The van der Waals surface area contributed by atoms with Crippen LogP contribution in [0.3, 0.4) is 0 Å². The van der Waals surface area contributed by atoms with Crippen LogP contribution in [0.4, 0.5) is 0 Å². The summed E-state index contributed by atoms with van der Waals surface area (Å²) in [6, 6.07) is 12.8. The van der Waals surface area contributed by atoms with Crippen molar-refractivity contribution < 1.29 is 4.79 Å². The Morgan fingerprint density at radius 3 is 2.88 bits per heavy atom. The van der Waals surface area contributed by atoms with Crippen molar-refractivity contribution in [3.63, 3.8) is 0 Å². The molecule has 1 amide bonds. The molecule has 25 heavy (non-hydrogen) atoms. The summed E-state index contributed by atoms with van der Waals surface area (Å²) in [5, 5.41) is 4.13. The predicted octanol–water partition coefficient (Wildman–Crippen LogP) is 2.44. The Morgan fingerprint density at radius 1 is 1.28 bits per heavy atom. The van der Waals surface area contributed by atoms with Crippen LogP contribution in [0.25, 0.3) is 0 Å². The predicted molar refractivity (Wildman–Crippen MR) is 99.2 cm³/mol. The first-order valence-electron chi connectivity index (χ1n) is 9.22. The number of hydrogen-bond acceptors (Lipinski definition) is 3. The van der Waals surface area contributed by atoms with Crippen LogP contribution >= 0.6 is 0 Å². The highest BCUT2D eigenvalue weighted by molar-refractivity contribution is 5.76. The molecule has 0 saturated carbocycles. The number of benzene rings is 1. The summed E-state index contributed by atoms with van der Waals surface area (Å²) in [7, 11) is 1.93. The van der Waals surface area contributed by atoms with Gasteiger partial charge in [-0.05, 0) is 50.4 Å². The van der Waals surface area contributed by atoms with Crippen molar-refractivity contribution in [1.29, 1.82) is 0 Å². The fourth-order valence-corrected chi connectivity index (χ4v) is 3.55. The van der Waals surface area contributed by atoms with Crippen molar-refractivity contribution in [3.05, 3.63) is 54.4 Å². The van der Waals surface area contributed by atoms with Crippen LogP contribution in [-0.2, 0) is 17.8 Å². The van der Waals surface area contributed by atoms with Gasteiger partial charge in [0.05, 0.1) is 0 Å². The smallest absolute Gasteiger partial charge is 0.244 e. The minimum absolute atomic E-state index is 0.139. The molecule has 1 fully saturated rings. The van der Waals surface area contributed by atoms with Crippen LogP contribution in [0.5, 0.6) is 0 Å². The lowest BCUT2D eigenvalue weighted by Crippen LogP contribution is -2.49. The highest BCUT2D eigenvalue weighted by Gasteiger charge is 2.25. The third kappa shape index (κ3) is 5.16. The summed E-state index contributed by atoms with van der Waals surface area (Å²) in [4.78, 5) is 16.9. The van der Waals surface area contributed by atoms with E-state index in [0.29, 0.717) is 12.6 Å². The summed E-state index contributed by atoms with van der Waals surface area (Å²) in [5.41, 5.74) is 1.41. The monoisotopic (exact) mass is 340 g/mol. The molecule has 0 bridgehead atoms. The summed E-state index contributed by atoms with van der Waals surface area (Å²) in [6.45, 7) is 3.56. The molecule has 5 nitrogen and oxygen atoms in total. The summed E-state index contributed by atoms with van der Waals surface area (Å²) in [5.74, 6) is 0.139. The number of aryl methyl sites for hydroxylation is 1. The van der Waals surface area contributed by atoms with Gasteiger partial charge in [-0.15, -0.1) is 0 Å². The van der Waals surface area contributed by atoms with Crippen molar-refractivity contribution in [2.45, 2.75) is 38.3 Å². The summed E-state index contributed by atoms with van der Waals surface area (Å²) in [6.07, 6.45) is 8.09. The minimum Gasteiger partial charge on any atom is -0.340 e. The zero-order chi connectivity index (χ0) is 17.5. The molecule has 0 radical (unpaired) electrons. The molecule has 2 aromatic rings. The fraction of sp³-hybridized carbons (Fsp3) is 0.500. The van der Waals surface area contributed by atoms with Crippen molar-refractivity contribution in [3.8, 4) is 0 Å². The van der Waals surface area contributed by atoms with Gasteiger partial charge in [-0.25, -0.2) is 0 Å². The first-order chi connectivity index (χ1) is 12.2. The van der Waals surface area contributed by atoms with Gasteiger partial charge in [0.25, 0.3) is 0 Å². The Morgan fingerprint density at radius 2 is 2.12 bits per heavy atom. The number of amides is 1. The van der Waals surface area contributed by atoms with Gasteiger partial charge in [0.1, 0.15) is 6.54 Å². The Balaban J connectivity index is 1.44. The number of carbonyl (C=O) groups excluding carboxylic acids is 1. The first kappa shape index (κ1) is 17.7. The van der Waals surface area contributed by atoms with E-state index in [2.05, 4.69) is 40.3 Å². The summed E-state index contributed by atoms with van der Waals surface area (Å²) < 4.78 is 1.69. The zero-order valence-corrected chi connectivity index (χ0v) is 15.1. The van der Waals surface area contributed by atoms with E-state index in [1.54, 1.807) is 10.9 Å². The lowest BCUT2D eigenvalue weighted by Gasteiger charge is -2.37. The van der Waals surface area contributed by atoms with Crippen molar-refractivity contribution in [1.82, 2.24) is 19.6 Å². The van der Waals surface area contributed by atoms with E-state index >= 15 is 0 Å². The number of rotatable bonds is 7. The molecular formula is C20H28N4O. The number of likely N-dealkylation sites (tertiary alicyclic amines) is 1. The lowest BCUT2D eigenvalue weighted by atomic mass is 10.0. The second-order valence-electron chi connectivity index (χ2n) is 6.89. The molecule has 1 aliphatic rings. The van der Waals surface area contributed by atoms with Crippen molar-refractivity contribution in [2.75, 3.05) is 26.7 Å². The molecule has 134 valence electrons. The molecule has 0 unspecified atom stereocenters. The highest BCUT2D eigenvalue weighted by Crippen LogP contribution is 2.16. The van der Waals surface area contributed by atoms with Gasteiger partial charge < -0.3 is 9.80 Å². The van der Waals surface area contributed by atoms with E-state index in [1.165, 1.54) is 12.0 Å². The topological polar surface area (TPSA) is 41.4 Å². The third-order valence-electron chi connectivity index (χ3n) is 5.06. The molecule has 1 aromatic heterocycles. The van der Waals surface area contributed by atoms with Crippen LogP contribution in [0, 0.1) is 0 Å². The second kappa shape index (κ2) is 8.81. The molecule has 0 spiro atoms. The maximum absolute atomic E-state index is 12.5. The molecule has 1 aliphatic heterocycles. The molecule has 5 heteroatoms. The maximum Gasteiger partial charge on any atom is 0.244 e. The molecule has 1 aromatic carbocycles. The molecule has 0 aliphatic carbocycles. The molecule has 0 N–H and O–H groups in total. The van der Waals surface area contributed by atoms with Crippen LogP contribution in [0.1, 0.15) is 24.8 Å². The van der Waals surface area contributed by atoms with E-state index < -0.39 is 0 Å². The molecule has 1 atom stereocenters. The van der Waals surface area contributed by atoms with Gasteiger partial charge >= 0.3 is 0 Å². The second-order valence-corrected chi connectivity index (χ2v) is 6.89. The zero-order valence-electron chi connectivity index (χ0n) is 15.1.